The molecular formula is C14H12N4O3. The number of aromatic amines is 1. The first-order valence-electron chi connectivity index (χ1n) is 6.12. The fraction of sp³-hybridized carbons (Fsp3) is 0.0714. The summed E-state index contributed by atoms with van der Waals surface area (Å²) in [5.41, 5.74) is 7.07. The summed E-state index contributed by atoms with van der Waals surface area (Å²) in [6, 6.07) is 7.47. The largest absolute Gasteiger partial charge is 0.491 e. The Hall–Kier alpha value is -3.09. The number of fused-ring (bicyclic) bond motifs is 1. The molecule has 0 aliphatic rings. The number of hydrogen-bond donors (Lipinski definition) is 3. The molecule has 0 atom stereocenters. The number of hydrogen-bond acceptors (Lipinski definition) is 5. The summed E-state index contributed by atoms with van der Waals surface area (Å²) in [5, 5.41) is 10.2. The van der Waals surface area contributed by atoms with Gasteiger partial charge in [0.25, 0.3) is 0 Å². The van der Waals surface area contributed by atoms with E-state index in [1.54, 1.807) is 0 Å². The lowest BCUT2D eigenvalue weighted by Gasteiger charge is -2.09. The highest BCUT2D eigenvalue weighted by Gasteiger charge is 2.19. The minimum Gasteiger partial charge on any atom is -0.491 e. The molecule has 0 saturated heterocycles. The van der Waals surface area contributed by atoms with Crippen molar-refractivity contribution in [2.45, 2.75) is 0 Å². The Morgan fingerprint density at radius 3 is 2.86 bits per heavy atom. The van der Waals surface area contributed by atoms with Gasteiger partial charge in [0, 0.05) is 17.3 Å². The lowest BCUT2D eigenvalue weighted by atomic mass is 10.1. The molecule has 3 rings (SSSR count). The average Bonchev–Trinajstić information content (AvgIpc) is 2.93. The summed E-state index contributed by atoms with van der Waals surface area (Å²) >= 11 is 0. The monoisotopic (exact) mass is 284 g/mol. The van der Waals surface area contributed by atoms with E-state index in [1.807, 2.05) is 30.5 Å². The molecule has 7 nitrogen and oxygen atoms in total. The zero-order chi connectivity index (χ0) is 15.0. The van der Waals surface area contributed by atoms with Crippen LogP contribution in [0, 0.1) is 0 Å². The van der Waals surface area contributed by atoms with Crippen molar-refractivity contribution in [1.82, 2.24) is 15.0 Å². The predicted molar refractivity (Wildman–Crippen MR) is 77.2 cm³/mol. The molecule has 0 aliphatic heterocycles. The molecule has 0 aliphatic carbocycles. The first kappa shape index (κ1) is 12.9. The molecule has 0 saturated carbocycles. The fourth-order valence-electron chi connectivity index (χ4n) is 2.13. The molecule has 0 spiro atoms. The van der Waals surface area contributed by atoms with Gasteiger partial charge >= 0.3 is 5.97 Å². The van der Waals surface area contributed by atoms with Crippen molar-refractivity contribution in [3.05, 3.63) is 36.2 Å². The van der Waals surface area contributed by atoms with Crippen molar-refractivity contribution < 1.29 is 14.6 Å². The number of methoxy groups -OCH3 is 1. The molecule has 0 bridgehead atoms. The quantitative estimate of drug-likeness (QED) is 0.677. The Kier molecular flexibility index (Phi) is 2.94. The molecule has 2 heterocycles. The summed E-state index contributed by atoms with van der Waals surface area (Å²) in [4.78, 5) is 22.5. The van der Waals surface area contributed by atoms with Crippen molar-refractivity contribution in [3.63, 3.8) is 0 Å². The summed E-state index contributed by atoms with van der Waals surface area (Å²) in [6.45, 7) is 0. The highest BCUT2D eigenvalue weighted by Crippen LogP contribution is 2.28. The van der Waals surface area contributed by atoms with Crippen molar-refractivity contribution in [1.29, 1.82) is 0 Å². The van der Waals surface area contributed by atoms with Gasteiger partial charge in [0.05, 0.1) is 7.11 Å². The van der Waals surface area contributed by atoms with Crippen LogP contribution in [0.15, 0.2) is 30.5 Å². The van der Waals surface area contributed by atoms with E-state index < -0.39 is 5.97 Å². The van der Waals surface area contributed by atoms with Crippen LogP contribution in [0.3, 0.4) is 0 Å². The van der Waals surface area contributed by atoms with Gasteiger partial charge in [-0.1, -0.05) is 12.1 Å². The number of carboxylic acid groups (broad SMARTS) is 1. The summed E-state index contributed by atoms with van der Waals surface area (Å²) in [5.74, 6) is -1.02. The lowest BCUT2D eigenvalue weighted by Crippen LogP contribution is -2.09. The number of anilines is 1. The van der Waals surface area contributed by atoms with Crippen LogP contribution < -0.4 is 10.5 Å². The summed E-state index contributed by atoms with van der Waals surface area (Å²) < 4.78 is 4.95. The second-order valence-corrected chi connectivity index (χ2v) is 4.40. The lowest BCUT2D eigenvalue weighted by molar-refractivity contribution is 0.0686. The number of nitrogens with two attached hydrogens (primary N) is 1. The number of nitrogens with one attached hydrogen (secondary N) is 1. The minimum atomic E-state index is -1.22. The van der Waals surface area contributed by atoms with Crippen LogP contribution >= 0.6 is 0 Å². The Morgan fingerprint density at radius 2 is 2.14 bits per heavy atom. The fourth-order valence-corrected chi connectivity index (χ4v) is 2.13. The van der Waals surface area contributed by atoms with E-state index in [0.717, 1.165) is 10.9 Å². The van der Waals surface area contributed by atoms with Gasteiger partial charge in [-0.25, -0.2) is 14.8 Å². The molecule has 0 amide bonds. The van der Waals surface area contributed by atoms with Gasteiger partial charge in [-0.3, -0.25) is 0 Å². The van der Waals surface area contributed by atoms with Crippen LogP contribution in [0.2, 0.25) is 0 Å². The van der Waals surface area contributed by atoms with E-state index in [0.29, 0.717) is 5.56 Å². The second-order valence-electron chi connectivity index (χ2n) is 4.40. The van der Waals surface area contributed by atoms with Crippen LogP contribution in [0.5, 0.6) is 5.75 Å². The smallest absolute Gasteiger partial charge is 0.358 e. The molecule has 3 aromatic rings. The van der Waals surface area contributed by atoms with Crippen LogP contribution in [0.1, 0.15) is 10.5 Å². The Labute approximate surface area is 119 Å². The molecule has 2 aromatic heterocycles. The van der Waals surface area contributed by atoms with Gasteiger partial charge < -0.3 is 20.6 Å². The Bertz CT molecular complexity index is 841. The van der Waals surface area contributed by atoms with Crippen LogP contribution in [-0.4, -0.2) is 33.1 Å². The van der Waals surface area contributed by atoms with Gasteiger partial charge in [-0.15, -0.1) is 0 Å². The summed E-state index contributed by atoms with van der Waals surface area (Å²) in [6.07, 6.45) is 1.82. The van der Waals surface area contributed by atoms with Crippen LogP contribution in [-0.2, 0) is 0 Å². The number of carbonyl (C=O) groups is 1. The molecule has 0 unspecified atom stereocenters. The number of nitrogens with zero attached hydrogens (tertiary/aromatic N) is 2. The molecule has 1 aromatic carbocycles. The number of rotatable bonds is 3. The third-order valence-electron chi connectivity index (χ3n) is 3.11. The number of nitrogen functional groups attached to an aromatic ring is 1. The van der Waals surface area contributed by atoms with Crippen molar-refractivity contribution >= 4 is 22.7 Å². The van der Waals surface area contributed by atoms with Crippen molar-refractivity contribution in [3.8, 4) is 17.1 Å². The first-order chi connectivity index (χ1) is 10.1. The maximum atomic E-state index is 11.3. The Balaban J connectivity index is 2.19. The van der Waals surface area contributed by atoms with Gasteiger partial charge in [0.1, 0.15) is 0 Å². The maximum Gasteiger partial charge on any atom is 0.358 e. The molecular weight excluding hydrogens is 272 g/mol. The van der Waals surface area contributed by atoms with E-state index in [4.69, 9.17) is 10.5 Å². The molecule has 7 heteroatoms. The molecule has 0 fully saturated rings. The minimum absolute atomic E-state index is 0.00789. The zero-order valence-electron chi connectivity index (χ0n) is 11.1. The molecule has 21 heavy (non-hydrogen) atoms. The molecule has 0 radical (unpaired) electrons. The SMILES string of the molecule is COc1c(N)nc(-c2ccc3cc[nH]c3c2)nc1C(=O)O. The highest BCUT2D eigenvalue weighted by molar-refractivity contribution is 5.91. The normalized spacial score (nSPS) is 10.7. The topological polar surface area (TPSA) is 114 Å². The van der Waals surface area contributed by atoms with E-state index in [1.165, 1.54) is 7.11 Å². The summed E-state index contributed by atoms with van der Waals surface area (Å²) in [7, 11) is 1.33. The van der Waals surface area contributed by atoms with Crippen molar-refractivity contribution in [2.24, 2.45) is 0 Å². The maximum absolute atomic E-state index is 11.3. The zero-order valence-corrected chi connectivity index (χ0v) is 11.1. The second kappa shape index (κ2) is 4.78. The van der Waals surface area contributed by atoms with Crippen LogP contribution in [0.25, 0.3) is 22.3 Å². The third kappa shape index (κ3) is 2.14. The molecule has 106 valence electrons. The van der Waals surface area contributed by atoms with E-state index in [-0.39, 0.29) is 23.1 Å². The number of carboxylic acids is 1. The van der Waals surface area contributed by atoms with E-state index in [2.05, 4.69) is 15.0 Å². The number of ether oxygens (including phenoxy) is 1. The Morgan fingerprint density at radius 1 is 1.33 bits per heavy atom. The molecule has 4 N–H and O–H groups in total. The van der Waals surface area contributed by atoms with Crippen molar-refractivity contribution in [2.75, 3.05) is 12.8 Å². The van der Waals surface area contributed by atoms with E-state index in [9.17, 15) is 9.90 Å². The highest BCUT2D eigenvalue weighted by atomic mass is 16.5. The van der Waals surface area contributed by atoms with Gasteiger partial charge in [-0.05, 0) is 17.5 Å². The van der Waals surface area contributed by atoms with Gasteiger partial charge in [0.15, 0.2) is 23.1 Å². The number of aromatic nitrogens is 3. The third-order valence-corrected chi connectivity index (χ3v) is 3.11. The average molecular weight is 284 g/mol. The standard InChI is InChI=1S/C14H12N4O3/c1-21-11-10(14(19)20)17-13(18-12(11)15)8-3-2-7-4-5-16-9(7)6-8/h2-6,16H,1H3,(H,19,20)(H2,15,17,18). The number of aromatic carboxylic acids is 1. The number of benzene rings is 1. The predicted octanol–water partition coefficient (Wildman–Crippen LogP) is 1.91. The van der Waals surface area contributed by atoms with Gasteiger partial charge in [-0.2, -0.15) is 0 Å². The van der Waals surface area contributed by atoms with E-state index >= 15 is 0 Å². The number of H-pyrrole nitrogens is 1. The van der Waals surface area contributed by atoms with Crippen LogP contribution in [0.4, 0.5) is 5.82 Å². The first-order valence-corrected chi connectivity index (χ1v) is 6.12. The van der Waals surface area contributed by atoms with Gasteiger partial charge in [0.2, 0.25) is 0 Å².